The second-order valence-corrected chi connectivity index (χ2v) is 5.29. The number of anilines is 1. The van der Waals surface area contributed by atoms with Crippen LogP contribution in [0.15, 0.2) is 18.2 Å². The van der Waals surface area contributed by atoms with Crippen LogP contribution in [0.25, 0.3) is 0 Å². The van der Waals surface area contributed by atoms with Crippen LogP contribution in [0.2, 0.25) is 0 Å². The van der Waals surface area contributed by atoms with Gasteiger partial charge in [-0.15, -0.1) is 0 Å². The number of ether oxygens (including phenoxy) is 2. The van der Waals surface area contributed by atoms with E-state index in [2.05, 4.69) is 21.9 Å². The molecular formula is C16H18FNO4. The molecule has 118 valence electrons. The number of amides is 1. The first-order chi connectivity index (χ1) is 10.2. The molecule has 0 aliphatic carbocycles. The van der Waals surface area contributed by atoms with Crippen LogP contribution in [-0.2, 0) is 14.3 Å². The van der Waals surface area contributed by atoms with Gasteiger partial charge in [-0.05, 0) is 45.9 Å². The zero-order valence-electron chi connectivity index (χ0n) is 13.0. The maximum absolute atomic E-state index is 13.9. The molecule has 1 aromatic carbocycles. The molecule has 0 fully saturated rings. The third-order valence-electron chi connectivity index (χ3n) is 2.19. The lowest BCUT2D eigenvalue weighted by Gasteiger charge is -2.19. The molecule has 1 N–H and O–H groups in total. The van der Waals surface area contributed by atoms with Crippen LogP contribution in [0.1, 0.15) is 33.3 Å². The average Bonchev–Trinajstić information content (AvgIpc) is 2.37. The molecule has 0 bridgehead atoms. The fourth-order valence-electron chi connectivity index (χ4n) is 1.40. The van der Waals surface area contributed by atoms with Crippen molar-refractivity contribution in [3.63, 3.8) is 0 Å². The number of carbonyl (C=O) groups excluding carboxylic acids is 2. The van der Waals surface area contributed by atoms with Crippen LogP contribution < -0.4 is 5.32 Å². The molecule has 0 saturated carbocycles. The van der Waals surface area contributed by atoms with E-state index in [1.807, 2.05) is 0 Å². The maximum atomic E-state index is 13.9. The number of benzene rings is 1. The first-order valence-corrected chi connectivity index (χ1v) is 6.69. The molecule has 1 amide bonds. The van der Waals surface area contributed by atoms with Crippen molar-refractivity contribution in [2.24, 2.45) is 0 Å². The molecular weight excluding hydrogens is 289 g/mol. The van der Waals surface area contributed by atoms with Crippen LogP contribution in [0, 0.1) is 17.7 Å². The molecule has 0 aliphatic heterocycles. The second kappa shape index (κ2) is 7.46. The van der Waals surface area contributed by atoms with E-state index in [-0.39, 0.29) is 12.3 Å². The van der Waals surface area contributed by atoms with Crippen molar-refractivity contribution in [2.75, 3.05) is 11.9 Å². The summed E-state index contributed by atoms with van der Waals surface area (Å²) in [5.41, 5.74) is -0.415. The zero-order valence-corrected chi connectivity index (χ0v) is 13.0. The van der Waals surface area contributed by atoms with Crippen LogP contribution in [0.3, 0.4) is 0 Å². The Morgan fingerprint density at radius 1 is 1.32 bits per heavy atom. The van der Waals surface area contributed by atoms with Gasteiger partial charge < -0.3 is 9.47 Å². The lowest BCUT2D eigenvalue weighted by atomic mass is 10.2. The third kappa shape index (κ3) is 6.27. The highest BCUT2D eigenvalue weighted by Crippen LogP contribution is 2.17. The smallest absolute Gasteiger partial charge is 0.412 e. The Bertz CT molecular complexity index is 623. The molecule has 1 aromatic rings. The Morgan fingerprint density at radius 2 is 2.00 bits per heavy atom. The number of hydrogen-bond donors (Lipinski definition) is 1. The second-order valence-electron chi connectivity index (χ2n) is 5.29. The first kappa shape index (κ1) is 17.5. The van der Waals surface area contributed by atoms with E-state index in [1.54, 1.807) is 27.7 Å². The van der Waals surface area contributed by atoms with Crippen molar-refractivity contribution in [1.82, 2.24) is 0 Å². The quantitative estimate of drug-likeness (QED) is 0.673. The molecule has 1 rings (SSSR count). The van der Waals surface area contributed by atoms with Crippen LogP contribution in [0.4, 0.5) is 14.9 Å². The average molecular weight is 307 g/mol. The minimum Gasteiger partial charge on any atom is -0.456 e. The van der Waals surface area contributed by atoms with Crippen molar-refractivity contribution < 1.29 is 23.5 Å². The number of rotatable bonds is 2. The van der Waals surface area contributed by atoms with Crippen LogP contribution >= 0.6 is 0 Å². The van der Waals surface area contributed by atoms with Crippen LogP contribution in [0.5, 0.6) is 0 Å². The van der Waals surface area contributed by atoms with Gasteiger partial charge in [0.15, 0.2) is 0 Å². The number of esters is 1. The van der Waals surface area contributed by atoms with Gasteiger partial charge in [0.25, 0.3) is 0 Å². The SMILES string of the molecule is CCOC(=O)C#Cc1ccc(NC(=O)OC(C)(C)C)c(F)c1. The minimum atomic E-state index is -0.753. The molecule has 0 spiro atoms. The van der Waals surface area contributed by atoms with E-state index in [0.717, 1.165) is 6.07 Å². The van der Waals surface area contributed by atoms with Gasteiger partial charge in [-0.2, -0.15) is 0 Å². The topological polar surface area (TPSA) is 64.6 Å². The van der Waals surface area contributed by atoms with Gasteiger partial charge in [-0.3, -0.25) is 5.32 Å². The molecule has 0 saturated heterocycles. The summed E-state index contributed by atoms with van der Waals surface area (Å²) >= 11 is 0. The maximum Gasteiger partial charge on any atom is 0.412 e. The number of nitrogens with one attached hydrogen (secondary N) is 1. The summed E-state index contributed by atoms with van der Waals surface area (Å²) in [6, 6.07) is 3.93. The number of hydrogen-bond acceptors (Lipinski definition) is 4. The summed E-state index contributed by atoms with van der Waals surface area (Å²) in [4.78, 5) is 22.6. The summed E-state index contributed by atoms with van der Waals surface area (Å²) in [6.07, 6.45) is -0.753. The highest BCUT2D eigenvalue weighted by Gasteiger charge is 2.17. The normalized spacial score (nSPS) is 10.2. The summed E-state index contributed by atoms with van der Waals surface area (Å²) in [6.45, 7) is 7.00. The monoisotopic (exact) mass is 307 g/mol. The van der Waals surface area contributed by atoms with Gasteiger partial charge in [0, 0.05) is 11.5 Å². The van der Waals surface area contributed by atoms with Crippen molar-refractivity contribution in [1.29, 1.82) is 0 Å². The molecule has 22 heavy (non-hydrogen) atoms. The van der Waals surface area contributed by atoms with Gasteiger partial charge in [0.2, 0.25) is 0 Å². The Hall–Kier alpha value is -2.55. The number of carbonyl (C=O) groups is 2. The molecule has 0 heterocycles. The largest absolute Gasteiger partial charge is 0.456 e. The molecule has 0 unspecified atom stereocenters. The van der Waals surface area contributed by atoms with Gasteiger partial charge in [-0.1, -0.05) is 5.92 Å². The van der Waals surface area contributed by atoms with Crippen molar-refractivity contribution in [2.45, 2.75) is 33.3 Å². The predicted octanol–water partition coefficient (Wildman–Crippen LogP) is 3.09. The van der Waals surface area contributed by atoms with Crippen molar-refractivity contribution in [3.8, 4) is 11.8 Å². The summed E-state index contributed by atoms with van der Waals surface area (Å²) < 4.78 is 23.5. The van der Waals surface area contributed by atoms with Crippen molar-refractivity contribution >= 4 is 17.7 Å². The van der Waals surface area contributed by atoms with Gasteiger partial charge >= 0.3 is 12.1 Å². The molecule has 0 atom stereocenters. The lowest BCUT2D eigenvalue weighted by Crippen LogP contribution is -2.27. The minimum absolute atomic E-state index is 0.0315. The van der Waals surface area contributed by atoms with Crippen LogP contribution in [-0.4, -0.2) is 24.3 Å². The predicted molar refractivity (Wildman–Crippen MR) is 79.8 cm³/mol. The summed E-state index contributed by atoms with van der Waals surface area (Å²) in [7, 11) is 0. The standard InChI is InChI=1S/C16H18FNO4/c1-5-21-14(19)9-7-11-6-8-13(12(17)10-11)18-15(20)22-16(2,3)4/h6,8,10H,5H2,1-4H3,(H,18,20). The van der Waals surface area contributed by atoms with E-state index >= 15 is 0 Å². The first-order valence-electron chi connectivity index (χ1n) is 6.69. The molecule has 0 aliphatic rings. The van der Waals surface area contributed by atoms with Gasteiger partial charge in [0.1, 0.15) is 11.4 Å². The Morgan fingerprint density at radius 3 is 2.55 bits per heavy atom. The molecule has 5 nitrogen and oxygen atoms in total. The lowest BCUT2D eigenvalue weighted by molar-refractivity contribution is -0.136. The van der Waals surface area contributed by atoms with E-state index in [0.29, 0.717) is 5.56 Å². The zero-order chi connectivity index (χ0) is 16.8. The Kier molecular flexibility index (Phi) is 5.93. The van der Waals surface area contributed by atoms with E-state index in [1.165, 1.54) is 12.1 Å². The fourth-order valence-corrected chi connectivity index (χ4v) is 1.40. The molecule has 0 radical (unpaired) electrons. The van der Waals surface area contributed by atoms with E-state index in [4.69, 9.17) is 4.74 Å². The van der Waals surface area contributed by atoms with Gasteiger partial charge in [-0.25, -0.2) is 14.0 Å². The fraction of sp³-hybridized carbons (Fsp3) is 0.375. The molecule has 6 heteroatoms. The summed E-state index contributed by atoms with van der Waals surface area (Å²) in [5.74, 6) is 3.35. The highest BCUT2D eigenvalue weighted by atomic mass is 19.1. The van der Waals surface area contributed by atoms with E-state index in [9.17, 15) is 14.0 Å². The third-order valence-corrected chi connectivity index (χ3v) is 2.19. The highest BCUT2D eigenvalue weighted by molar-refractivity contribution is 5.89. The molecule has 0 aromatic heterocycles. The van der Waals surface area contributed by atoms with Gasteiger partial charge in [0.05, 0.1) is 12.3 Å². The summed E-state index contributed by atoms with van der Waals surface area (Å²) in [5, 5.41) is 2.30. The van der Waals surface area contributed by atoms with E-state index < -0.39 is 23.5 Å². The number of halogens is 1. The Labute approximate surface area is 128 Å². The Balaban J connectivity index is 2.78. The van der Waals surface area contributed by atoms with Crippen molar-refractivity contribution in [3.05, 3.63) is 29.6 Å².